The van der Waals surface area contributed by atoms with Crippen LogP contribution in [0.2, 0.25) is 0 Å². The van der Waals surface area contributed by atoms with Crippen LogP contribution in [-0.2, 0) is 13.1 Å². The van der Waals surface area contributed by atoms with Crippen LogP contribution in [0.5, 0.6) is 5.75 Å². The van der Waals surface area contributed by atoms with E-state index in [2.05, 4.69) is 36.1 Å². The van der Waals surface area contributed by atoms with E-state index in [4.69, 9.17) is 4.74 Å². The molecule has 2 amide bonds. The van der Waals surface area contributed by atoms with Crippen LogP contribution < -0.4 is 10.1 Å². The third kappa shape index (κ3) is 6.02. The number of piperidine rings is 1. The van der Waals surface area contributed by atoms with Gasteiger partial charge in [-0.25, -0.2) is 9.18 Å². The number of benzene rings is 1. The molecule has 2 heterocycles. The number of likely N-dealkylation sites (tertiary alicyclic amines) is 1. The van der Waals surface area contributed by atoms with Crippen molar-refractivity contribution in [2.75, 3.05) is 26.7 Å². The molecule has 4 rings (SSSR count). The number of pyridine rings is 1. The first-order chi connectivity index (χ1) is 15.8. The van der Waals surface area contributed by atoms with Crippen LogP contribution in [0.25, 0.3) is 0 Å². The van der Waals surface area contributed by atoms with Gasteiger partial charge in [0.05, 0.1) is 25.0 Å². The molecule has 7 heteroatoms. The summed E-state index contributed by atoms with van der Waals surface area (Å²) < 4.78 is 19.1. The van der Waals surface area contributed by atoms with Crippen molar-refractivity contribution in [1.29, 1.82) is 0 Å². The SMILES string of the molecule is CC(C)COc1ccc(CNC(=O)N(Cc2ccc(F)cn2)[C@H]2CCN(C)CC23CC3)cc1. The normalized spacial score (nSPS) is 19.5. The number of urea groups is 1. The van der Waals surface area contributed by atoms with Crippen molar-refractivity contribution in [2.45, 2.75) is 52.2 Å². The van der Waals surface area contributed by atoms with Gasteiger partial charge in [0.2, 0.25) is 0 Å². The molecule has 1 aromatic heterocycles. The highest BCUT2D eigenvalue weighted by molar-refractivity contribution is 5.74. The van der Waals surface area contributed by atoms with E-state index in [9.17, 15) is 9.18 Å². The Balaban J connectivity index is 1.43. The monoisotopic (exact) mass is 454 g/mol. The summed E-state index contributed by atoms with van der Waals surface area (Å²) in [7, 11) is 2.15. The molecular weight excluding hydrogens is 419 g/mol. The van der Waals surface area contributed by atoms with E-state index in [0.29, 0.717) is 31.3 Å². The first-order valence-corrected chi connectivity index (χ1v) is 11.9. The van der Waals surface area contributed by atoms with Gasteiger partial charge in [-0.1, -0.05) is 26.0 Å². The number of ether oxygens (including phenoxy) is 1. The molecule has 1 N–H and O–H groups in total. The lowest BCUT2D eigenvalue weighted by Crippen LogP contribution is -2.55. The van der Waals surface area contributed by atoms with Crippen molar-refractivity contribution < 1.29 is 13.9 Å². The summed E-state index contributed by atoms with van der Waals surface area (Å²) in [6.07, 6.45) is 4.43. The number of nitrogens with one attached hydrogen (secondary N) is 1. The summed E-state index contributed by atoms with van der Waals surface area (Å²) >= 11 is 0. The number of amides is 2. The van der Waals surface area contributed by atoms with E-state index in [-0.39, 0.29) is 23.3 Å². The summed E-state index contributed by atoms with van der Waals surface area (Å²) in [5.74, 6) is 0.943. The molecule has 1 atom stereocenters. The Hall–Kier alpha value is -2.67. The fraction of sp³-hybridized carbons (Fsp3) is 0.538. The molecule has 1 aliphatic carbocycles. The molecular formula is C26H35FN4O2. The topological polar surface area (TPSA) is 57.7 Å². The smallest absolute Gasteiger partial charge is 0.318 e. The molecule has 1 spiro atoms. The summed E-state index contributed by atoms with van der Waals surface area (Å²) in [6, 6.07) is 11.0. The molecule has 0 unspecified atom stereocenters. The van der Waals surface area contributed by atoms with Crippen molar-refractivity contribution in [3.8, 4) is 5.75 Å². The third-order valence-electron chi connectivity index (χ3n) is 6.68. The molecule has 6 nitrogen and oxygen atoms in total. The largest absolute Gasteiger partial charge is 0.493 e. The molecule has 178 valence electrons. The van der Waals surface area contributed by atoms with Crippen LogP contribution in [0.1, 0.15) is 44.4 Å². The Bertz CT molecular complexity index is 928. The Labute approximate surface area is 196 Å². The minimum absolute atomic E-state index is 0.0953. The molecule has 2 aromatic rings. The maximum absolute atomic E-state index is 13.4. The number of carbonyl (C=O) groups excluding carboxylic acids is 1. The standard InChI is InChI=1S/C26H35FN4O2/c1-19(2)17-33-23-8-4-20(5-9-23)14-29-25(32)31(16-22-7-6-21(27)15-28-22)24-10-13-30(3)18-26(24)11-12-26/h4-9,15,19,24H,10-14,16-18H2,1-3H3,(H,29,32)/t24-/m0/s1. The fourth-order valence-electron chi connectivity index (χ4n) is 4.75. The van der Waals surface area contributed by atoms with Crippen molar-refractivity contribution in [2.24, 2.45) is 11.3 Å². The summed E-state index contributed by atoms with van der Waals surface area (Å²) in [6.45, 7) is 7.71. The molecule has 2 aliphatic rings. The first-order valence-electron chi connectivity index (χ1n) is 11.9. The first kappa shape index (κ1) is 23.5. The maximum atomic E-state index is 13.4. The molecule has 33 heavy (non-hydrogen) atoms. The summed E-state index contributed by atoms with van der Waals surface area (Å²) in [5.41, 5.74) is 1.89. The van der Waals surface area contributed by atoms with Crippen LogP contribution in [-0.4, -0.2) is 53.6 Å². The fourth-order valence-corrected chi connectivity index (χ4v) is 4.75. The van der Waals surface area contributed by atoms with Crippen molar-refractivity contribution in [3.05, 3.63) is 59.7 Å². The lowest BCUT2D eigenvalue weighted by molar-refractivity contribution is 0.0669. The second-order valence-electron chi connectivity index (χ2n) is 10.0. The average Bonchev–Trinajstić information content (AvgIpc) is 3.56. The second kappa shape index (κ2) is 10.1. The van der Waals surface area contributed by atoms with Gasteiger partial charge in [0.25, 0.3) is 0 Å². The number of carbonyl (C=O) groups is 1. The van der Waals surface area contributed by atoms with Crippen LogP contribution >= 0.6 is 0 Å². The summed E-state index contributed by atoms with van der Waals surface area (Å²) in [5, 5.41) is 3.11. The van der Waals surface area contributed by atoms with Gasteiger partial charge in [0.15, 0.2) is 0 Å². The van der Waals surface area contributed by atoms with E-state index in [1.807, 2.05) is 29.2 Å². The predicted molar refractivity (Wildman–Crippen MR) is 126 cm³/mol. The van der Waals surface area contributed by atoms with Crippen LogP contribution in [0.15, 0.2) is 42.6 Å². The molecule has 2 fully saturated rings. The molecule has 0 radical (unpaired) electrons. The number of nitrogens with zero attached hydrogens (tertiary/aromatic N) is 3. The van der Waals surface area contributed by atoms with E-state index in [0.717, 1.165) is 43.7 Å². The highest BCUT2D eigenvalue weighted by Gasteiger charge is 2.54. The second-order valence-corrected chi connectivity index (χ2v) is 10.0. The quantitative estimate of drug-likeness (QED) is 0.640. The van der Waals surface area contributed by atoms with E-state index >= 15 is 0 Å². The van der Waals surface area contributed by atoms with Crippen LogP contribution in [0, 0.1) is 17.2 Å². The lowest BCUT2D eigenvalue weighted by atomic mass is 9.87. The van der Waals surface area contributed by atoms with Crippen molar-refractivity contribution in [3.63, 3.8) is 0 Å². The van der Waals surface area contributed by atoms with Crippen molar-refractivity contribution >= 4 is 6.03 Å². The van der Waals surface area contributed by atoms with E-state index in [1.165, 1.54) is 12.3 Å². The lowest BCUT2D eigenvalue weighted by Gasteiger charge is -2.43. The zero-order chi connectivity index (χ0) is 23.4. The highest BCUT2D eigenvalue weighted by Crippen LogP contribution is 2.54. The van der Waals surface area contributed by atoms with E-state index in [1.54, 1.807) is 6.07 Å². The highest BCUT2D eigenvalue weighted by atomic mass is 19.1. The summed E-state index contributed by atoms with van der Waals surface area (Å²) in [4.78, 5) is 21.9. The molecule has 1 saturated carbocycles. The average molecular weight is 455 g/mol. The van der Waals surface area contributed by atoms with Crippen molar-refractivity contribution in [1.82, 2.24) is 20.1 Å². The molecule has 0 bridgehead atoms. The number of halogens is 1. The predicted octanol–water partition coefficient (Wildman–Crippen LogP) is 4.45. The van der Waals surface area contributed by atoms with Gasteiger partial charge >= 0.3 is 6.03 Å². The van der Waals surface area contributed by atoms with Gasteiger partial charge in [0, 0.05) is 24.5 Å². The van der Waals surface area contributed by atoms with Crippen LogP contribution in [0.3, 0.4) is 0 Å². The maximum Gasteiger partial charge on any atom is 0.318 e. The molecule has 1 aliphatic heterocycles. The Morgan fingerprint density at radius 1 is 1.27 bits per heavy atom. The minimum Gasteiger partial charge on any atom is -0.493 e. The number of aromatic nitrogens is 1. The number of hydrogen-bond acceptors (Lipinski definition) is 4. The van der Waals surface area contributed by atoms with E-state index < -0.39 is 0 Å². The van der Waals surface area contributed by atoms with Gasteiger partial charge in [-0.05, 0) is 68.6 Å². The Morgan fingerprint density at radius 2 is 2.03 bits per heavy atom. The van der Waals surface area contributed by atoms with Gasteiger partial charge in [-0.15, -0.1) is 0 Å². The number of hydrogen-bond donors (Lipinski definition) is 1. The number of rotatable bonds is 8. The van der Waals surface area contributed by atoms with Gasteiger partial charge in [-0.3, -0.25) is 4.98 Å². The van der Waals surface area contributed by atoms with Gasteiger partial charge < -0.3 is 19.9 Å². The Kier molecular flexibility index (Phi) is 7.17. The zero-order valence-corrected chi connectivity index (χ0v) is 19.9. The van der Waals surface area contributed by atoms with Crippen LogP contribution in [0.4, 0.5) is 9.18 Å². The molecule has 1 saturated heterocycles. The van der Waals surface area contributed by atoms with Gasteiger partial charge in [0.1, 0.15) is 11.6 Å². The zero-order valence-electron chi connectivity index (χ0n) is 19.9. The minimum atomic E-state index is -0.367. The van der Waals surface area contributed by atoms with Gasteiger partial charge in [-0.2, -0.15) is 0 Å². The Morgan fingerprint density at radius 3 is 2.67 bits per heavy atom. The molecule has 1 aromatic carbocycles. The third-order valence-corrected chi connectivity index (χ3v) is 6.68.